The van der Waals surface area contributed by atoms with E-state index >= 15 is 0 Å². The third-order valence-electron chi connectivity index (χ3n) is 2.43. The molecule has 3 heteroatoms. The highest BCUT2D eigenvalue weighted by molar-refractivity contribution is 6.44. The summed E-state index contributed by atoms with van der Waals surface area (Å²) in [5, 5.41) is 1.79. The summed E-state index contributed by atoms with van der Waals surface area (Å²) < 4.78 is 0. The molecule has 2 rings (SSSR count). The van der Waals surface area contributed by atoms with Crippen LogP contribution in [0, 0.1) is 6.92 Å². The van der Waals surface area contributed by atoms with Gasteiger partial charge in [-0.1, -0.05) is 65.1 Å². The molecule has 0 nitrogen and oxygen atoms in total. The van der Waals surface area contributed by atoms with E-state index in [0.29, 0.717) is 15.1 Å². The lowest BCUT2D eigenvalue weighted by Crippen LogP contribution is -1.84. The maximum atomic E-state index is 6.25. The van der Waals surface area contributed by atoms with Gasteiger partial charge in [0.05, 0.1) is 15.1 Å². The molecule has 0 atom stereocenters. The van der Waals surface area contributed by atoms with Crippen molar-refractivity contribution in [2.75, 3.05) is 0 Å². The summed E-state index contributed by atoms with van der Waals surface area (Å²) in [5.41, 5.74) is 2.80. The van der Waals surface area contributed by atoms with E-state index in [2.05, 4.69) is 0 Å². The normalized spacial score (nSPS) is 10.5. The van der Waals surface area contributed by atoms with Crippen LogP contribution in [-0.4, -0.2) is 0 Å². The summed E-state index contributed by atoms with van der Waals surface area (Å²) >= 11 is 18.4. The van der Waals surface area contributed by atoms with Crippen molar-refractivity contribution in [3.8, 4) is 11.1 Å². The summed E-state index contributed by atoms with van der Waals surface area (Å²) in [6, 6.07) is 11.4. The van der Waals surface area contributed by atoms with Crippen LogP contribution in [0.25, 0.3) is 11.1 Å². The monoisotopic (exact) mass is 270 g/mol. The van der Waals surface area contributed by atoms with Crippen LogP contribution >= 0.6 is 34.8 Å². The van der Waals surface area contributed by atoms with Gasteiger partial charge < -0.3 is 0 Å². The number of hydrogen-bond acceptors (Lipinski definition) is 0. The van der Waals surface area contributed by atoms with Gasteiger partial charge in [0.25, 0.3) is 0 Å². The first-order valence-corrected chi connectivity index (χ1v) is 5.94. The molecule has 0 aliphatic heterocycles. The Morgan fingerprint density at radius 1 is 0.750 bits per heavy atom. The third kappa shape index (κ3) is 2.06. The second-order valence-corrected chi connectivity index (χ2v) is 4.70. The van der Waals surface area contributed by atoms with Crippen LogP contribution < -0.4 is 0 Å². The fraction of sp³-hybridized carbons (Fsp3) is 0.0769. The molecule has 0 saturated heterocycles. The molecule has 82 valence electrons. The van der Waals surface area contributed by atoms with Crippen molar-refractivity contribution in [1.82, 2.24) is 0 Å². The Hall–Kier alpha value is -0.690. The fourth-order valence-corrected chi connectivity index (χ4v) is 2.20. The molecule has 2 aromatic rings. The van der Waals surface area contributed by atoms with Gasteiger partial charge in [-0.25, -0.2) is 0 Å². The second-order valence-electron chi connectivity index (χ2n) is 3.54. The van der Waals surface area contributed by atoms with E-state index in [1.807, 2.05) is 37.3 Å². The molecule has 0 unspecified atom stereocenters. The molecule has 2 aromatic carbocycles. The molecule has 0 amide bonds. The predicted octanol–water partition coefficient (Wildman–Crippen LogP) is 5.62. The van der Waals surface area contributed by atoms with Crippen molar-refractivity contribution in [2.24, 2.45) is 0 Å². The minimum Gasteiger partial charge on any atom is -0.0834 e. The SMILES string of the molecule is Cc1cccc(-c2cccc(Cl)c2Cl)c1Cl. The Morgan fingerprint density at radius 2 is 1.31 bits per heavy atom. The van der Waals surface area contributed by atoms with Crippen molar-refractivity contribution in [1.29, 1.82) is 0 Å². The van der Waals surface area contributed by atoms with Crippen LogP contribution in [0.5, 0.6) is 0 Å². The molecular formula is C13H9Cl3. The Morgan fingerprint density at radius 3 is 2.00 bits per heavy atom. The van der Waals surface area contributed by atoms with Crippen molar-refractivity contribution < 1.29 is 0 Å². The zero-order valence-electron chi connectivity index (χ0n) is 8.60. The molecule has 0 saturated carbocycles. The van der Waals surface area contributed by atoms with Gasteiger partial charge in [-0.3, -0.25) is 0 Å². The largest absolute Gasteiger partial charge is 0.0834 e. The second kappa shape index (κ2) is 4.67. The van der Waals surface area contributed by atoms with Gasteiger partial charge >= 0.3 is 0 Å². The Balaban J connectivity index is 2.68. The van der Waals surface area contributed by atoms with E-state index in [9.17, 15) is 0 Å². The first kappa shape index (κ1) is 11.8. The zero-order valence-corrected chi connectivity index (χ0v) is 10.9. The summed E-state index contributed by atoms with van der Waals surface area (Å²) in [7, 11) is 0. The van der Waals surface area contributed by atoms with Gasteiger partial charge in [0, 0.05) is 11.1 Å². The number of halogens is 3. The number of hydrogen-bond donors (Lipinski definition) is 0. The van der Waals surface area contributed by atoms with Crippen molar-refractivity contribution >= 4 is 34.8 Å². The van der Waals surface area contributed by atoms with Crippen LogP contribution in [0.4, 0.5) is 0 Å². The molecular weight excluding hydrogens is 263 g/mol. The van der Waals surface area contributed by atoms with Crippen molar-refractivity contribution in [3.05, 3.63) is 57.0 Å². The van der Waals surface area contributed by atoms with Gasteiger partial charge in [0.2, 0.25) is 0 Å². The summed E-state index contributed by atoms with van der Waals surface area (Å²) in [4.78, 5) is 0. The van der Waals surface area contributed by atoms with Gasteiger partial charge in [-0.05, 0) is 18.6 Å². The van der Waals surface area contributed by atoms with E-state index in [1.165, 1.54) is 0 Å². The highest BCUT2D eigenvalue weighted by atomic mass is 35.5. The average Bonchev–Trinajstić information content (AvgIpc) is 2.27. The van der Waals surface area contributed by atoms with Crippen molar-refractivity contribution in [2.45, 2.75) is 6.92 Å². The summed E-state index contributed by atoms with van der Waals surface area (Å²) in [5.74, 6) is 0. The molecule has 0 N–H and O–H groups in total. The van der Waals surface area contributed by atoms with Gasteiger partial charge in [-0.2, -0.15) is 0 Å². The van der Waals surface area contributed by atoms with E-state index in [1.54, 1.807) is 6.07 Å². The van der Waals surface area contributed by atoms with Crippen molar-refractivity contribution in [3.63, 3.8) is 0 Å². The van der Waals surface area contributed by atoms with Gasteiger partial charge in [-0.15, -0.1) is 0 Å². The van der Waals surface area contributed by atoms with Crippen LogP contribution in [0.3, 0.4) is 0 Å². The van der Waals surface area contributed by atoms with Crippen LogP contribution in [0.2, 0.25) is 15.1 Å². The first-order valence-electron chi connectivity index (χ1n) is 4.80. The van der Waals surface area contributed by atoms with Crippen LogP contribution in [0.15, 0.2) is 36.4 Å². The molecule has 0 aliphatic carbocycles. The third-order valence-corrected chi connectivity index (χ3v) is 3.75. The fourth-order valence-electron chi connectivity index (χ4n) is 1.57. The minimum atomic E-state index is 0.539. The Kier molecular flexibility index (Phi) is 3.44. The molecule has 0 spiro atoms. The van der Waals surface area contributed by atoms with Gasteiger partial charge in [0.1, 0.15) is 0 Å². The lowest BCUT2D eigenvalue weighted by Gasteiger charge is -2.09. The maximum Gasteiger partial charge on any atom is 0.0671 e. The minimum absolute atomic E-state index is 0.539. The smallest absolute Gasteiger partial charge is 0.0671 e. The van der Waals surface area contributed by atoms with Crippen LogP contribution in [0.1, 0.15) is 5.56 Å². The Labute approximate surface area is 110 Å². The number of aryl methyl sites for hydroxylation is 1. The quantitative estimate of drug-likeness (QED) is 0.631. The average molecular weight is 272 g/mol. The molecule has 0 bridgehead atoms. The lowest BCUT2D eigenvalue weighted by atomic mass is 10.0. The standard InChI is InChI=1S/C13H9Cl3/c1-8-4-2-5-9(12(8)15)10-6-3-7-11(14)13(10)16/h2-7H,1H3. The maximum absolute atomic E-state index is 6.25. The van der Waals surface area contributed by atoms with E-state index in [0.717, 1.165) is 16.7 Å². The number of rotatable bonds is 1. The predicted molar refractivity (Wildman–Crippen MR) is 71.6 cm³/mol. The molecule has 0 heterocycles. The molecule has 0 aliphatic rings. The first-order chi connectivity index (χ1) is 7.61. The van der Waals surface area contributed by atoms with E-state index < -0.39 is 0 Å². The van der Waals surface area contributed by atoms with E-state index in [4.69, 9.17) is 34.8 Å². The summed E-state index contributed by atoms with van der Waals surface area (Å²) in [6.45, 7) is 1.96. The molecule has 0 aromatic heterocycles. The zero-order chi connectivity index (χ0) is 11.7. The Bertz CT molecular complexity index is 483. The highest BCUT2D eigenvalue weighted by Crippen LogP contribution is 2.37. The topological polar surface area (TPSA) is 0 Å². The lowest BCUT2D eigenvalue weighted by molar-refractivity contribution is 1.46. The van der Waals surface area contributed by atoms with Crippen LogP contribution in [-0.2, 0) is 0 Å². The molecule has 0 fully saturated rings. The molecule has 16 heavy (non-hydrogen) atoms. The van der Waals surface area contributed by atoms with Gasteiger partial charge in [0.15, 0.2) is 0 Å². The van der Waals surface area contributed by atoms with E-state index in [-0.39, 0.29) is 0 Å². The molecule has 0 radical (unpaired) electrons. The number of benzene rings is 2. The summed E-state index contributed by atoms with van der Waals surface area (Å²) in [6.07, 6.45) is 0. The highest BCUT2D eigenvalue weighted by Gasteiger charge is 2.10.